The zero-order chi connectivity index (χ0) is 12.4. The molecule has 0 aliphatic carbocycles. The normalized spacial score (nSPS) is 17.0. The highest BCUT2D eigenvalue weighted by Crippen LogP contribution is 2.19. The van der Waals surface area contributed by atoms with Crippen LogP contribution in [0.4, 0.5) is 0 Å². The van der Waals surface area contributed by atoms with Gasteiger partial charge in [0.25, 0.3) is 0 Å². The van der Waals surface area contributed by atoms with Crippen molar-refractivity contribution in [1.29, 1.82) is 0 Å². The van der Waals surface area contributed by atoms with Gasteiger partial charge in [-0.05, 0) is 32.1 Å². The molecule has 1 nitrogen and oxygen atoms in total. The maximum Gasteiger partial charge on any atom is 0.142 e. The van der Waals surface area contributed by atoms with E-state index < -0.39 is 0 Å². The maximum absolute atomic E-state index is 6.02. The van der Waals surface area contributed by atoms with Crippen molar-refractivity contribution < 1.29 is 4.74 Å². The van der Waals surface area contributed by atoms with E-state index in [1.807, 2.05) is 0 Å². The SMILES string of the molecule is BC(C)(CC)OCC(CCC)CCCCC. The Labute approximate surface area is 104 Å². The van der Waals surface area contributed by atoms with Crippen LogP contribution in [-0.2, 0) is 4.74 Å². The van der Waals surface area contributed by atoms with Gasteiger partial charge in [0.2, 0.25) is 0 Å². The van der Waals surface area contributed by atoms with Gasteiger partial charge >= 0.3 is 0 Å². The fourth-order valence-electron chi connectivity index (χ4n) is 1.85. The molecule has 0 bridgehead atoms. The Morgan fingerprint density at radius 3 is 2.25 bits per heavy atom. The number of rotatable bonds is 10. The quantitative estimate of drug-likeness (QED) is 0.407. The van der Waals surface area contributed by atoms with Crippen molar-refractivity contribution in [3.05, 3.63) is 0 Å². The molecule has 0 saturated heterocycles. The molecule has 0 aromatic rings. The first-order valence-corrected chi connectivity index (χ1v) is 7.19. The summed E-state index contributed by atoms with van der Waals surface area (Å²) in [5.41, 5.74) is 0.0662. The number of hydrogen-bond acceptors (Lipinski definition) is 1. The van der Waals surface area contributed by atoms with Crippen LogP contribution < -0.4 is 0 Å². The number of hydrogen-bond donors (Lipinski definition) is 0. The lowest BCUT2D eigenvalue weighted by atomic mass is 9.81. The molecule has 0 spiro atoms. The summed E-state index contributed by atoms with van der Waals surface area (Å²) in [5.74, 6) is 0.780. The Balaban J connectivity index is 3.83. The van der Waals surface area contributed by atoms with E-state index in [2.05, 4.69) is 35.5 Å². The summed E-state index contributed by atoms with van der Waals surface area (Å²) in [6.07, 6.45) is 9.12. The molecular weight excluding hydrogens is 195 g/mol. The largest absolute Gasteiger partial charge is 0.384 e. The zero-order valence-corrected chi connectivity index (χ0v) is 12.1. The van der Waals surface area contributed by atoms with Crippen LogP contribution in [0.1, 0.15) is 72.6 Å². The lowest BCUT2D eigenvalue weighted by Gasteiger charge is -2.27. The van der Waals surface area contributed by atoms with Crippen LogP contribution in [0.2, 0.25) is 0 Å². The van der Waals surface area contributed by atoms with E-state index in [0.29, 0.717) is 0 Å². The van der Waals surface area contributed by atoms with Crippen LogP contribution in [0.3, 0.4) is 0 Å². The van der Waals surface area contributed by atoms with Crippen LogP contribution in [-0.4, -0.2) is 20.0 Å². The van der Waals surface area contributed by atoms with Gasteiger partial charge in [0.1, 0.15) is 7.85 Å². The molecule has 2 heteroatoms. The number of unbranched alkanes of at least 4 members (excludes halogenated alkanes) is 2. The second kappa shape index (κ2) is 9.10. The second-order valence-electron chi connectivity index (χ2n) is 5.57. The van der Waals surface area contributed by atoms with E-state index in [-0.39, 0.29) is 5.50 Å². The summed E-state index contributed by atoms with van der Waals surface area (Å²) >= 11 is 0. The molecule has 16 heavy (non-hydrogen) atoms. The van der Waals surface area contributed by atoms with Gasteiger partial charge in [-0.15, -0.1) is 0 Å². The Morgan fingerprint density at radius 2 is 1.75 bits per heavy atom. The minimum Gasteiger partial charge on any atom is -0.384 e. The average Bonchev–Trinajstić information content (AvgIpc) is 2.26. The first-order chi connectivity index (χ1) is 7.55. The Morgan fingerprint density at radius 1 is 1.06 bits per heavy atom. The molecule has 0 aromatic heterocycles. The van der Waals surface area contributed by atoms with E-state index >= 15 is 0 Å². The Hall–Kier alpha value is 0.0249. The molecule has 0 aliphatic rings. The molecule has 0 aliphatic heterocycles. The van der Waals surface area contributed by atoms with Crippen LogP contribution in [0.5, 0.6) is 0 Å². The van der Waals surface area contributed by atoms with Gasteiger partial charge in [0, 0.05) is 12.1 Å². The monoisotopic (exact) mass is 226 g/mol. The second-order valence-corrected chi connectivity index (χ2v) is 5.57. The van der Waals surface area contributed by atoms with E-state index in [4.69, 9.17) is 4.74 Å². The van der Waals surface area contributed by atoms with Gasteiger partial charge in [-0.2, -0.15) is 0 Å². The summed E-state index contributed by atoms with van der Waals surface area (Å²) in [6, 6.07) is 0. The van der Waals surface area contributed by atoms with Crippen molar-refractivity contribution in [1.82, 2.24) is 0 Å². The smallest absolute Gasteiger partial charge is 0.142 e. The van der Waals surface area contributed by atoms with Gasteiger partial charge in [-0.25, -0.2) is 0 Å². The third-order valence-electron chi connectivity index (χ3n) is 3.47. The standard InChI is InChI=1S/C14H31BO/c1-5-8-9-11-13(10-6-2)12-16-14(4,15)7-3/h13H,5-12,15H2,1-4H3. The van der Waals surface area contributed by atoms with Gasteiger partial charge in [0.05, 0.1) is 0 Å². The zero-order valence-electron chi connectivity index (χ0n) is 12.1. The minimum absolute atomic E-state index is 0.0662. The highest BCUT2D eigenvalue weighted by Gasteiger charge is 2.18. The molecule has 0 amide bonds. The summed E-state index contributed by atoms with van der Waals surface area (Å²) in [7, 11) is 2.20. The molecule has 0 aromatic carbocycles. The maximum atomic E-state index is 6.02. The molecule has 0 saturated carbocycles. The third kappa shape index (κ3) is 8.21. The summed E-state index contributed by atoms with van der Waals surface area (Å²) in [4.78, 5) is 0. The number of ether oxygens (including phenoxy) is 1. The van der Waals surface area contributed by atoms with E-state index in [1.54, 1.807) is 0 Å². The summed E-state index contributed by atoms with van der Waals surface area (Å²) < 4.78 is 6.02. The van der Waals surface area contributed by atoms with Crippen LogP contribution in [0.25, 0.3) is 0 Å². The summed E-state index contributed by atoms with van der Waals surface area (Å²) in [5, 5.41) is 0. The van der Waals surface area contributed by atoms with Crippen LogP contribution >= 0.6 is 0 Å². The fraction of sp³-hybridized carbons (Fsp3) is 1.00. The molecule has 0 fully saturated rings. The predicted octanol–water partition coefficient (Wildman–Crippen LogP) is 3.76. The highest BCUT2D eigenvalue weighted by molar-refractivity contribution is 6.14. The van der Waals surface area contributed by atoms with Crippen molar-refractivity contribution in [2.45, 2.75) is 78.1 Å². The van der Waals surface area contributed by atoms with Gasteiger partial charge < -0.3 is 4.74 Å². The minimum atomic E-state index is 0.0662. The Bertz CT molecular complexity index is 157. The molecule has 0 heterocycles. The van der Waals surface area contributed by atoms with Crippen molar-refractivity contribution in [2.24, 2.45) is 5.92 Å². The van der Waals surface area contributed by atoms with Gasteiger partial charge in [0.15, 0.2) is 0 Å². The molecule has 96 valence electrons. The van der Waals surface area contributed by atoms with Crippen molar-refractivity contribution >= 4 is 7.85 Å². The van der Waals surface area contributed by atoms with Crippen molar-refractivity contribution in [3.8, 4) is 0 Å². The highest BCUT2D eigenvalue weighted by atomic mass is 16.5. The van der Waals surface area contributed by atoms with E-state index in [0.717, 1.165) is 18.9 Å². The first-order valence-electron chi connectivity index (χ1n) is 7.19. The fourth-order valence-corrected chi connectivity index (χ4v) is 1.85. The Kier molecular flexibility index (Phi) is 9.11. The third-order valence-corrected chi connectivity index (χ3v) is 3.47. The lowest BCUT2D eigenvalue weighted by Crippen LogP contribution is -2.30. The van der Waals surface area contributed by atoms with Crippen LogP contribution in [0, 0.1) is 5.92 Å². The van der Waals surface area contributed by atoms with Crippen molar-refractivity contribution in [3.63, 3.8) is 0 Å². The predicted molar refractivity (Wildman–Crippen MR) is 75.7 cm³/mol. The van der Waals surface area contributed by atoms with E-state index in [9.17, 15) is 0 Å². The van der Waals surface area contributed by atoms with E-state index in [1.165, 1.54) is 38.5 Å². The van der Waals surface area contributed by atoms with Gasteiger partial charge in [-0.1, -0.05) is 46.5 Å². The first kappa shape index (κ1) is 16.0. The lowest BCUT2D eigenvalue weighted by molar-refractivity contribution is 0.00354. The van der Waals surface area contributed by atoms with Gasteiger partial charge in [-0.3, -0.25) is 0 Å². The molecule has 0 radical (unpaired) electrons. The molecule has 2 unspecified atom stereocenters. The van der Waals surface area contributed by atoms with Crippen molar-refractivity contribution in [2.75, 3.05) is 6.61 Å². The molecule has 0 N–H and O–H groups in total. The molecule has 0 rings (SSSR count). The average molecular weight is 226 g/mol. The topological polar surface area (TPSA) is 9.23 Å². The van der Waals surface area contributed by atoms with Crippen LogP contribution in [0.15, 0.2) is 0 Å². The molecule has 2 atom stereocenters. The molecular formula is C14H31BO. The summed E-state index contributed by atoms with van der Waals surface area (Å²) in [6.45, 7) is 9.90.